The molecule has 0 spiro atoms. The Hall–Kier alpha value is -2.33. The fourth-order valence-corrected chi connectivity index (χ4v) is 3.56. The van der Waals surface area contributed by atoms with Gasteiger partial charge in [0.1, 0.15) is 12.4 Å². The van der Waals surface area contributed by atoms with Crippen molar-refractivity contribution in [1.29, 1.82) is 0 Å². The fourth-order valence-electron chi connectivity index (χ4n) is 3.56. The predicted octanol–water partition coefficient (Wildman–Crippen LogP) is 2.98. The summed E-state index contributed by atoms with van der Waals surface area (Å²) in [5.74, 6) is 1.46. The van der Waals surface area contributed by atoms with E-state index in [9.17, 15) is 4.79 Å². The number of benzene rings is 2. The molecule has 1 fully saturated rings. The molecule has 0 radical (unpaired) electrons. The van der Waals surface area contributed by atoms with Gasteiger partial charge in [-0.15, -0.1) is 0 Å². The SMILES string of the molecule is O=C1NCc2c(OCc3ccc(C4CCNCC4)cc3)cccc21. The molecule has 0 bridgehead atoms. The molecule has 0 aliphatic carbocycles. The summed E-state index contributed by atoms with van der Waals surface area (Å²) in [5.41, 5.74) is 4.28. The molecule has 2 N–H and O–H groups in total. The summed E-state index contributed by atoms with van der Waals surface area (Å²) in [4.78, 5) is 11.7. The number of hydrogen-bond donors (Lipinski definition) is 2. The lowest BCUT2D eigenvalue weighted by atomic mass is 9.90. The van der Waals surface area contributed by atoms with Crippen molar-refractivity contribution in [3.05, 3.63) is 64.7 Å². The minimum atomic E-state index is -0.0122. The van der Waals surface area contributed by atoms with Crippen LogP contribution < -0.4 is 15.4 Å². The normalized spacial score (nSPS) is 17.4. The lowest BCUT2D eigenvalue weighted by Gasteiger charge is -2.23. The van der Waals surface area contributed by atoms with Crippen LogP contribution in [-0.4, -0.2) is 19.0 Å². The standard InChI is InChI=1S/C20H22N2O2/c23-20-17-2-1-3-19(18(17)12-22-20)24-13-14-4-6-15(7-5-14)16-8-10-21-11-9-16/h1-7,16,21H,8-13H2,(H,22,23). The summed E-state index contributed by atoms with van der Waals surface area (Å²) in [6, 6.07) is 14.4. The van der Waals surface area contributed by atoms with E-state index in [1.165, 1.54) is 18.4 Å². The number of carbonyl (C=O) groups is 1. The van der Waals surface area contributed by atoms with Crippen molar-refractivity contribution in [2.24, 2.45) is 0 Å². The summed E-state index contributed by atoms with van der Waals surface area (Å²) in [6.07, 6.45) is 2.43. The van der Waals surface area contributed by atoms with Gasteiger partial charge in [-0.25, -0.2) is 0 Å². The van der Waals surface area contributed by atoms with Crippen molar-refractivity contribution in [3.63, 3.8) is 0 Å². The molecule has 1 saturated heterocycles. The van der Waals surface area contributed by atoms with Gasteiger partial charge in [-0.05, 0) is 55.1 Å². The molecule has 2 heterocycles. The third kappa shape index (κ3) is 3.02. The van der Waals surface area contributed by atoms with Crippen LogP contribution in [0.15, 0.2) is 42.5 Å². The Morgan fingerprint density at radius 3 is 2.62 bits per heavy atom. The van der Waals surface area contributed by atoms with E-state index in [2.05, 4.69) is 34.9 Å². The predicted molar refractivity (Wildman–Crippen MR) is 93.2 cm³/mol. The lowest BCUT2D eigenvalue weighted by molar-refractivity contribution is 0.0965. The maximum atomic E-state index is 11.7. The summed E-state index contributed by atoms with van der Waals surface area (Å²) < 4.78 is 5.97. The zero-order valence-corrected chi connectivity index (χ0v) is 13.7. The van der Waals surface area contributed by atoms with Crippen LogP contribution in [0.1, 0.15) is 45.8 Å². The first-order valence-electron chi connectivity index (χ1n) is 8.64. The topological polar surface area (TPSA) is 50.4 Å². The molecule has 2 aliphatic heterocycles. The smallest absolute Gasteiger partial charge is 0.252 e. The van der Waals surface area contributed by atoms with Gasteiger partial charge in [0, 0.05) is 17.7 Å². The molecule has 0 saturated carbocycles. The molecule has 2 aromatic rings. The van der Waals surface area contributed by atoms with E-state index in [1.54, 1.807) is 0 Å². The second kappa shape index (κ2) is 6.65. The molecule has 2 aromatic carbocycles. The Bertz CT molecular complexity index is 734. The maximum Gasteiger partial charge on any atom is 0.252 e. The van der Waals surface area contributed by atoms with Gasteiger partial charge in [-0.1, -0.05) is 30.3 Å². The number of piperidine rings is 1. The number of hydrogen-bond acceptors (Lipinski definition) is 3. The molecule has 2 aliphatic rings. The average Bonchev–Trinajstić information content (AvgIpc) is 3.03. The van der Waals surface area contributed by atoms with Crippen LogP contribution in [0.3, 0.4) is 0 Å². The highest BCUT2D eigenvalue weighted by Gasteiger charge is 2.22. The first-order valence-corrected chi connectivity index (χ1v) is 8.64. The van der Waals surface area contributed by atoms with Gasteiger partial charge in [-0.3, -0.25) is 4.79 Å². The molecule has 0 unspecified atom stereocenters. The first kappa shape index (κ1) is 15.2. The molecule has 124 valence electrons. The third-order valence-corrected chi connectivity index (χ3v) is 4.99. The molecule has 4 heteroatoms. The van der Waals surface area contributed by atoms with Crippen LogP contribution in [0.25, 0.3) is 0 Å². The van der Waals surface area contributed by atoms with E-state index >= 15 is 0 Å². The number of rotatable bonds is 4. The van der Waals surface area contributed by atoms with Crippen LogP contribution in [-0.2, 0) is 13.2 Å². The Balaban J connectivity index is 1.42. The second-order valence-electron chi connectivity index (χ2n) is 6.52. The quantitative estimate of drug-likeness (QED) is 0.910. The highest BCUT2D eigenvalue weighted by atomic mass is 16.5. The van der Waals surface area contributed by atoms with Gasteiger partial charge in [0.05, 0.1) is 0 Å². The van der Waals surface area contributed by atoms with Crippen LogP contribution in [0.2, 0.25) is 0 Å². The van der Waals surface area contributed by atoms with Crippen molar-refractivity contribution in [3.8, 4) is 5.75 Å². The van der Waals surface area contributed by atoms with Gasteiger partial charge < -0.3 is 15.4 Å². The van der Waals surface area contributed by atoms with Crippen molar-refractivity contribution in [2.75, 3.05) is 13.1 Å². The summed E-state index contributed by atoms with van der Waals surface area (Å²) in [7, 11) is 0. The maximum absolute atomic E-state index is 11.7. The average molecular weight is 322 g/mol. The van der Waals surface area contributed by atoms with E-state index < -0.39 is 0 Å². The zero-order chi connectivity index (χ0) is 16.4. The third-order valence-electron chi connectivity index (χ3n) is 4.99. The largest absolute Gasteiger partial charge is 0.489 e. The van der Waals surface area contributed by atoms with Gasteiger partial charge in [-0.2, -0.15) is 0 Å². The molecular formula is C20H22N2O2. The number of nitrogens with one attached hydrogen (secondary N) is 2. The first-order chi connectivity index (χ1) is 11.8. The lowest BCUT2D eigenvalue weighted by Crippen LogP contribution is -2.26. The van der Waals surface area contributed by atoms with Crippen LogP contribution in [0, 0.1) is 0 Å². The minimum absolute atomic E-state index is 0.0122. The molecule has 4 rings (SSSR count). The monoisotopic (exact) mass is 322 g/mol. The van der Waals surface area contributed by atoms with Crippen molar-refractivity contribution >= 4 is 5.91 Å². The van der Waals surface area contributed by atoms with Crippen molar-refractivity contribution in [1.82, 2.24) is 10.6 Å². The molecule has 1 amide bonds. The Kier molecular flexibility index (Phi) is 4.22. The van der Waals surface area contributed by atoms with Gasteiger partial charge in [0.25, 0.3) is 5.91 Å². The van der Waals surface area contributed by atoms with E-state index in [1.807, 2.05) is 18.2 Å². The number of amides is 1. The molecule has 0 atom stereocenters. The van der Waals surface area contributed by atoms with E-state index in [4.69, 9.17) is 4.74 Å². The van der Waals surface area contributed by atoms with Crippen LogP contribution in [0.5, 0.6) is 5.75 Å². The number of fused-ring (bicyclic) bond motifs is 1. The van der Waals surface area contributed by atoms with Gasteiger partial charge in [0.15, 0.2) is 0 Å². The zero-order valence-electron chi connectivity index (χ0n) is 13.7. The number of carbonyl (C=O) groups excluding carboxylic acids is 1. The second-order valence-corrected chi connectivity index (χ2v) is 6.52. The molecule has 0 aromatic heterocycles. The minimum Gasteiger partial charge on any atom is -0.489 e. The Labute approximate surface area is 142 Å². The van der Waals surface area contributed by atoms with Crippen molar-refractivity contribution < 1.29 is 9.53 Å². The summed E-state index contributed by atoms with van der Waals surface area (Å²) in [5, 5.41) is 6.25. The van der Waals surface area contributed by atoms with Crippen LogP contribution >= 0.6 is 0 Å². The Morgan fingerprint density at radius 2 is 1.83 bits per heavy atom. The highest BCUT2D eigenvalue weighted by Crippen LogP contribution is 2.28. The van der Waals surface area contributed by atoms with E-state index in [0.29, 0.717) is 19.1 Å². The number of ether oxygens (including phenoxy) is 1. The highest BCUT2D eigenvalue weighted by molar-refractivity contribution is 5.99. The molecule has 24 heavy (non-hydrogen) atoms. The van der Waals surface area contributed by atoms with Crippen molar-refractivity contribution in [2.45, 2.75) is 31.9 Å². The fraction of sp³-hybridized carbons (Fsp3) is 0.350. The summed E-state index contributed by atoms with van der Waals surface area (Å²) in [6.45, 7) is 3.30. The van der Waals surface area contributed by atoms with Gasteiger partial charge >= 0.3 is 0 Å². The molecule has 4 nitrogen and oxygen atoms in total. The molecular weight excluding hydrogens is 300 g/mol. The van der Waals surface area contributed by atoms with E-state index in [0.717, 1.165) is 35.5 Å². The summed E-state index contributed by atoms with van der Waals surface area (Å²) >= 11 is 0. The Morgan fingerprint density at radius 1 is 1.04 bits per heavy atom. The van der Waals surface area contributed by atoms with Crippen LogP contribution in [0.4, 0.5) is 0 Å². The van der Waals surface area contributed by atoms with E-state index in [-0.39, 0.29) is 5.91 Å². The van der Waals surface area contributed by atoms with Gasteiger partial charge in [0.2, 0.25) is 0 Å².